The molecule has 0 bridgehead atoms. The monoisotopic (exact) mass is 285 g/mol. The van der Waals surface area contributed by atoms with Crippen LogP contribution in [0.1, 0.15) is 31.0 Å². The Morgan fingerprint density at radius 1 is 1.19 bits per heavy atom. The third-order valence-corrected chi connectivity index (χ3v) is 3.51. The van der Waals surface area contributed by atoms with Gasteiger partial charge in [-0.25, -0.2) is 19.9 Å². The number of hydrogen-bond donors (Lipinski definition) is 3. The molecular formula is C14H19N7. The number of piperidine rings is 1. The molecule has 3 N–H and O–H groups in total. The van der Waals surface area contributed by atoms with Crippen molar-refractivity contribution >= 4 is 17.6 Å². The van der Waals surface area contributed by atoms with Crippen LogP contribution in [0.15, 0.2) is 24.7 Å². The zero-order valence-corrected chi connectivity index (χ0v) is 12.0. The highest BCUT2D eigenvalue weighted by atomic mass is 15.2. The molecule has 2 aromatic rings. The van der Waals surface area contributed by atoms with E-state index in [9.17, 15) is 0 Å². The molecule has 1 aliphatic heterocycles. The summed E-state index contributed by atoms with van der Waals surface area (Å²) in [5.41, 5.74) is 1.02. The maximum absolute atomic E-state index is 4.58. The Balaban J connectivity index is 1.76. The zero-order valence-electron chi connectivity index (χ0n) is 12.0. The van der Waals surface area contributed by atoms with Crippen LogP contribution in [-0.4, -0.2) is 33.5 Å². The molecule has 0 radical (unpaired) electrons. The Bertz CT molecular complexity index is 595. The van der Waals surface area contributed by atoms with E-state index >= 15 is 0 Å². The molecular weight excluding hydrogens is 266 g/mol. The maximum Gasteiger partial charge on any atom is 0.228 e. The Morgan fingerprint density at radius 3 is 2.90 bits per heavy atom. The minimum absolute atomic E-state index is 0.320. The second kappa shape index (κ2) is 6.45. The molecule has 1 atom stereocenters. The third-order valence-electron chi connectivity index (χ3n) is 3.51. The Labute approximate surface area is 123 Å². The number of hydrogen-bond acceptors (Lipinski definition) is 7. The molecule has 21 heavy (non-hydrogen) atoms. The number of aromatic nitrogens is 4. The van der Waals surface area contributed by atoms with E-state index in [1.807, 2.05) is 19.2 Å². The van der Waals surface area contributed by atoms with Gasteiger partial charge in [0.2, 0.25) is 5.95 Å². The lowest BCUT2D eigenvalue weighted by molar-refractivity contribution is 0.405. The van der Waals surface area contributed by atoms with E-state index in [1.54, 1.807) is 6.20 Å². The van der Waals surface area contributed by atoms with Gasteiger partial charge in [-0.1, -0.05) is 6.42 Å². The predicted octanol–water partition coefficient (Wildman–Crippen LogP) is 1.87. The second-order valence-electron chi connectivity index (χ2n) is 4.97. The average molecular weight is 285 g/mol. The van der Waals surface area contributed by atoms with Crippen LogP contribution >= 0.6 is 0 Å². The fourth-order valence-corrected chi connectivity index (χ4v) is 2.41. The van der Waals surface area contributed by atoms with E-state index in [2.05, 4.69) is 35.9 Å². The lowest BCUT2D eigenvalue weighted by Crippen LogP contribution is -2.27. The van der Waals surface area contributed by atoms with Crippen molar-refractivity contribution < 1.29 is 0 Å². The van der Waals surface area contributed by atoms with Crippen LogP contribution < -0.4 is 16.0 Å². The van der Waals surface area contributed by atoms with Crippen molar-refractivity contribution in [1.82, 2.24) is 25.3 Å². The first-order valence-electron chi connectivity index (χ1n) is 7.18. The summed E-state index contributed by atoms with van der Waals surface area (Å²) in [6.07, 6.45) is 6.87. The number of nitrogens with zero attached hydrogens (tertiary/aromatic N) is 4. The number of anilines is 3. The molecule has 1 unspecified atom stereocenters. The van der Waals surface area contributed by atoms with Crippen molar-refractivity contribution in [2.75, 3.05) is 24.2 Å². The smallest absolute Gasteiger partial charge is 0.228 e. The molecule has 1 aliphatic rings. The maximum atomic E-state index is 4.58. The first kappa shape index (κ1) is 13.7. The summed E-state index contributed by atoms with van der Waals surface area (Å²) in [5.74, 6) is 1.97. The highest BCUT2D eigenvalue weighted by Gasteiger charge is 2.16. The van der Waals surface area contributed by atoms with Gasteiger partial charge in [0.25, 0.3) is 0 Å². The molecule has 7 nitrogen and oxygen atoms in total. The summed E-state index contributed by atoms with van der Waals surface area (Å²) in [6, 6.07) is 4.10. The van der Waals surface area contributed by atoms with Crippen LogP contribution in [0, 0.1) is 0 Å². The minimum atomic E-state index is 0.320. The van der Waals surface area contributed by atoms with E-state index in [0.29, 0.717) is 17.8 Å². The largest absolute Gasteiger partial charge is 0.373 e. The Morgan fingerprint density at radius 2 is 2.10 bits per heavy atom. The SMILES string of the molecule is CNc1cc(Nc2nccc(C3CCCCN3)n2)ncn1. The van der Waals surface area contributed by atoms with E-state index in [0.717, 1.165) is 24.5 Å². The summed E-state index contributed by atoms with van der Waals surface area (Å²) in [7, 11) is 1.82. The molecule has 0 amide bonds. The molecule has 1 saturated heterocycles. The Kier molecular flexibility index (Phi) is 4.20. The molecule has 0 aromatic carbocycles. The highest BCUT2D eigenvalue weighted by molar-refractivity contribution is 5.52. The van der Waals surface area contributed by atoms with Crippen LogP contribution in [-0.2, 0) is 0 Å². The molecule has 0 spiro atoms. The quantitative estimate of drug-likeness (QED) is 0.790. The van der Waals surface area contributed by atoms with Gasteiger partial charge in [-0.05, 0) is 25.5 Å². The molecule has 1 fully saturated rings. The van der Waals surface area contributed by atoms with Crippen LogP contribution in [0.25, 0.3) is 0 Å². The van der Waals surface area contributed by atoms with Crippen molar-refractivity contribution in [1.29, 1.82) is 0 Å². The summed E-state index contributed by atoms with van der Waals surface area (Å²) >= 11 is 0. The van der Waals surface area contributed by atoms with Crippen molar-refractivity contribution in [3.8, 4) is 0 Å². The van der Waals surface area contributed by atoms with Gasteiger partial charge >= 0.3 is 0 Å². The van der Waals surface area contributed by atoms with Crippen molar-refractivity contribution in [3.05, 3.63) is 30.4 Å². The second-order valence-corrected chi connectivity index (χ2v) is 4.97. The fraction of sp³-hybridized carbons (Fsp3) is 0.429. The molecule has 3 rings (SSSR count). The van der Waals surface area contributed by atoms with Gasteiger partial charge in [0, 0.05) is 25.4 Å². The zero-order chi connectivity index (χ0) is 14.5. The first-order chi connectivity index (χ1) is 10.3. The molecule has 110 valence electrons. The topological polar surface area (TPSA) is 87.7 Å². The van der Waals surface area contributed by atoms with Gasteiger partial charge in [0.15, 0.2) is 0 Å². The van der Waals surface area contributed by atoms with Crippen LogP contribution in [0.3, 0.4) is 0 Å². The number of nitrogens with one attached hydrogen (secondary N) is 3. The summed E-state index contributed by atoms with van der Waals surface area (Å²) in [6.45, 7) is 1.05. The van der Waals surface area contributed by atoms with Crippen LogP contribution in [0.2, 0.25) is 0 Å². The van der Waals surface area contributed by atoms with Gasteiger partial charge in [-0.3, -0.25) is 0 Å². The lowest BCUT2D eigenvalue weighted by atomic mass is 10.0. The lowest BCUT2D eigenvalue weighted by Gasteiger charge is -2.23. The van der Waals surface area contributed by atoms with Crippen molar-refractivity contribution in [2.24, 2.45) is 0 Å². The van der Waals surface area contributed by atoms with Crippen LogP contribution in [0.5, 0.6) is 0 Å². The van der Waals surface area contributed by atoms with Crippen molar-refractivity contribution in [3.63, 3.8) is 0 Å². The van der Waals surface area contributed by atoms with Gasteiger partial charge in [0.1, 0.15) is 18.0 Å². The van der Waals surface area contributed by atoms with E-state index in [-0.39, 0.29) is 0 Å². The predicted molar refractivity (Wildman–Crippen MR) is 81.5 cm³/mol. The minimum Gasteiger partial charge on any atom is -0.373 e. The summed E-state index contributed by atoms with van der Waals surface area (Å²) in [5, 5.41) is 9.58. The van der Waals surface area contributed by atoms with Gasteiger partial charge in [0.05, 0.1) is 5.69 Å². The average Bonchev–Trinajstić information content (AvgIpc) is 2.56. The molecule has 2 aromatic heterocycles. The highest BCUT2D eigenvalue weighted by Crippen LogP contribution is 2.22. The van der Waals surface area contributed by atoms with Gasteiger partial charge in [-0.15, -0.1) is 0 Å². The summed E-state index contributed by atoms with van der Waals surface area (Å²) < 4.78 is 0. The molecule has 7 heteroatoms. The molecule has 0 saturated carbocycles. The standard InChI is InChI=1S/C14H19N7/c1-15-12-8-13(19-9-18-12)21-14-17-7-5-11(20-14)10-4-2-3-6-16-10/h5,7-10,16H,2-4,6H2,1H3,(H2,15,17,18,19,20,21). The number of rotatable bonds is 4. The molecule has 0 aliphatic carbocycles. The third kappa shape index (κ3) is 3.43. The van der Waals surface area contributed by atoms with E-state index in [1.165, 1.54) is 19.2 Å². The summed E-state index contributed by atoms with van der Waals surface area (Å²) in [4.78, 5) is 17.1. The van der Waals surface area contributed by atoms with E-state index < -0.39 is 0 Å². The fourth-order valence-electron chi connectivity index (χ4n) is 2.41. The Hall–Kier alpha value is -2.28. The van der Waals surface area contributed by atoms with E-state index in [4.69, 9.17) is 0 Å². The van der Waals surface area contributed by atoms with Crippen molar-refractivity contribution in [2.45, 2.75) is 25.3 Å². The van der Waals surface area contributed by atoms with Gasteiger partial charge < -0.3 is 16.0 Å². The molecule has 3 heterocycles. The van der Waals surface area contributed by atoms with Gasteiger partial charge in [-0.2, -0.15) is 0 Å². The normalized spacial score (nSPS) is 18.2. The van der Waals surface area contributed by atoms with Crippen LogP contribution in [0.4, 0.5) is 17.6 Å². The first-order valence-corrected chi connectivity index (χ1v) is 7.18.